The molecule has 4 saturated carbocycles. The Morgan fingerprint density at radius 1 is 0.720 bits per heavy atom. The molecule has 0 aromatic carbocycles. The second kappa shape index (κ2) is 20.4. The lowest BCUT2D eigenvalue weighted by molar-refractivity contribution is -0.202. The smallest absolute Gasteiger partial charge is 0.303 e. The number of amides is 1. The molecule has 6 nitrogen and oxygen atoms in total. The number of carboxylic acid groups (broad SMARTS) is 1. The fourth-order valence-corrected chi connectivity index (χ4v) is 12.1. The number of hydrogen-bond acceptors (Lipinski definition) is 4. The minimum absolute atomic E-state index is 0.0774. The van der Waals surface area contributed by atoms with Crippen molar-refractivity contribution in [2.45, 2.75) is 219 Å². The van der Waals surface area contributed by atoms with Crippen molar-refractivity contribution in [2.75, 3.05) is 0 Å². The number of aliphatic hydroxyl groups is 2. The summed E-state index contributed by atoms with van der Waals surface area (Å²) in [5.41, 5.74) is -0.186. The van der Waals surface area contributed by atoms with Crippen LogP contribution in [0.4, 0.5) is 0 Å². The SMILES string of the molecule is CCCCCCCCCCCCCCCCCCCC(=O)N[C@H]1CC[C@@]2(C)[C@@H](C1)C[C@@H](O)[C@@H]1[C@@H]2C[C@H](O)[C@]2(C)[C@@H]([C@H](C)CCC(=O)O)CC[C@@H]12. The van der Waals surface area contributed by atoms with Crippen molar-refractivity contribution < 1.29 is 24.9 Å². The first-order chi connectivity index (χ1) is 24.0. The summed E-state index contributed by atoms with van der Waals surface area (Å²) in [6, 6.07) is 0.194. The monoisotopic (exact) mass is 702 g/mol. The average molecular weight is 702 g/mol. The Morgan fingerprint density at radius 2 is 1.28 bits per heavy atom. The second-order valence-corrected chi connectivity index (χ2v) is 18.5. The van der Waals surface area contributed by atoms with Gasteiger partial charge in [0.25, 0.3) is 0 Å². The Hall–Kier alpha value is -1.14. The molecule has 0 aromatic heterocycles. The molecule has 4 rings (SSSR count). The van der Waals surface area contributed by atoms with E-state index in [1.807, 2.05) is 0 Å². The molecule has 0 unspecified atom stereocenters. The molecule has 0 aliphatic heterocycles. The summed E-state index contributed by atoms with van der Waals surface area (Å²) >= 11 is 0. The van der Waals surface area contributed by atoms with Gasteiger partial charge in [0.1, 0.15) is 0 Å². The van der Waals surface area contributed by atoms with E-state index >= 15 is 0 Å². The molecule has 290 valence electrons. The minimum Gasteiger partial charge on any atom is -0.481 e. The summed E-state index contributed by atoms with van der Waals surface area (Å²) in [6.07, 6.45) is 30.1. The molecule has 0 spiro atoms. The number of aliphatic hydroxyl groups excluding tert-OH is 2. The first-order valence-corrected chi connectivity index (χ1v) is 21.9. The summed E-state index contributed by atoms with van der Waals surface area (Å²) < 4.78 is 0. The molecule has 6 heteroatoms. The Labute approximate surface area is 307 Å². The lowest BCUT2D eigenvalue weighted by atomic mass is 9.43. The molecule has 4 fully saturated rings. The third-order valence-corrected chi connectivity index (χ3v) is 15.2. The van der Waals surface area contributed by atoms with Crippen molar-refractivity contribution >= 4 is 11.9 Å². The van der Waals surface area contributed by atoms with Crippen molar-refractivity contribution in [1.29, 1.82) is 0 Å². The highest BCUT2D eigenvalue weighted by Gasteiger charge is 2.65. The Kier molecular flexibility index (Phi) is 16.9. The van der Waals surface area contributed by atoms with Gasteiger partial charge in [-0.15, -0.1) is 0 Å². The number of fused-ring (bicyclic) bond motifs is 5. The molecule has 1 amide bonds. The van der Waals surface area contributed by atoms with Crippen LogP contribution in [0.3, 0.4) is 0 Å². The van der Waals surface area contributed by atoms with Crippen molar-refractivity contribution in [1.82, 2.24) is 5.32 Å². The molecule has 4 aliphatic carbocycles. The summed E-state index contributed by atoms with van der Waals surface area (Å²) in [7, 11) is 0. The van der Waals surface area contributed by atoms with Gasteiger partial charge in [0.05, 0.1) is 12.2 Å². The van der Waals surface area contributed by atoms with E-state index in [1.54, 1.807) is 0 Å². The number of unbranched alkanes of at least 4 members (excludes halogenated alkanes) is 16. The first-order valence-electron chi connectivity index (χ1n) is 21.9. The maximum atomic E-state index is 13.0. The summed E-state index contributed by atoms with van der Waals surface area (Å²) in [4.78, 5) is 24.2. The predicted octanol–water partition coefficient (Wildman–Crippen LogP) is 10.6. The van der Waals surface area contributed by atoms with Gasteiger partial charge in [-0.05, 0) is 104 Å². The zero-order valence-electron chi connectivity index (χ0n) is 32.9. The highest BCUT2D eigenvalue weighted by molar-refractivity contribution is 5.76. The van der Waals surface area contributed by atoms with Crippen LogP contribution in [0.25, 0.3) is 0 Å². The van der Waals surface area contributed by atoms with Crippen molar-refractivity contribution in [2.24, 2.45) is 46.3 Å². The molecule has 11 atom stereocenters. The molecule has 4 aliphatic rings. The molecule has 4 N–H and O–H groups in total. The average Bonchev–Trinajstić information content (AvgIpc) is 3.44. The van der Waals surface area contributed by atoms with E-state index in [9.17, 15) is 24.9 Å². The molecule has 0 radical (unpaired) electrons. The number of carbonyl (C=O) groups is 2. The maximum absolute atomic E-state index is 13.0. The van der Waals surface area contributed by atoms with Gasteiger partial charge in [0, 0.05) is 18.9 Å². The topological polar surface area (TPSA) is 107 Å². The van der Waals surface area contributed by atoms with Crippen molar-refractivity contribution in [3.8, 4) is 0 Å². The van der Waals surface area contributed by atoms with Crippen LogP contribution < -0.4 is 5.32 Å². The van der Waals surface area contributed by atoms with Gasteiger partial charge in [-0.1, -0.05) is 130 Å². The normalized spacial score (nSPS) is 35.6. The Bertz CT molecular complexity index is 1020. The number of hydrogen-bond donors (Lipinski definition) is 4. The highest BCUT2D eigenvalue weighted by Crippen LogP contribution is 2.68. The Morgan fingerprint density at radius 3 is 1.84 bits per heavy atom. The molecule has 0 saturated heterocycles. The molecule has 0 aromatic rings. The zero-order valence-corrected chi connectivity index (χ0v) is 32.9. The largest absolute Gasteiger partial charge is 0.481 e. The number of carbonyl (C=O) groups excluding carboxylic acids is 1. The quantitative estimate of drug-likeness (QED) is 0.0794. The van der Waals surface area contributed by atoms with E-state index in [0.717, 1.165) is 57.8 Å². The number of carboxylic acids is 1. The number of aliphatic carboxylic acids is 1. The summed E-state index contributed by atoms with van der Waals surface area (Å²) in [5, 5.41) is 36.2. The number of rotatable bonds is 23. The molecular formula is C44H79NO5. The molecule has 0 heterocycles. The van der Waals surface area contributed by atoms with E-state index in [0.29, 0.717) is 30.6 Å². The molecule has 50 heavy (non-hydrogen) atoms. The zero-order chi connectivity index (χ0) is 36.1. The van der Waals surface area contributed by atoms with Gasteiger partial charge in [0.2, 0.25) is 5.91 Å². The molecule has 0 bridgehead atoms. The second-order valence-electron chi connectivity index (χ2n) is 18.5. The van der Waals surface area contributed by atoms with Crippen molar-refractivity contribution in [3.05, 3.63) is 0 Å². The van der Waals surface area contributed by atoms with Crippen LogP contribution in [-0.4, -0.2) is 45.4 Å². The van der Waals surface area contributed by atoms with Gasteiger partial charge < -0.3 is 20.6 Å². The summed E-state index contributed by atoms with van der Waals surface area (Å²) in [6.45, 7) is 9.13. The van der Waals surface area contributed by atoms with Crippen LogP contribution in [0.15, 0.2) is 0 Å². The predicted molar refractivity (Wildman–Crippen MR) is 205 cm³/mol. The van der Waals surface area contributed by atoms with E-state index in [1.165, 1.54) is 96.3 Å². The first kappa shape index (κ1) is 41.6. The highest BCUT2D eigenvalue weighted by atomic mass is 16.4. The Balaban J connectivity index is 1.10. The van der Waals surface area contributed by atoms with Crippen LogP contribution in [0.5, 0.6) is 0 Å². The maximum Gasteiger partial charge on any atom is 0.303 e. The summed E-state index contributed by atoms with van der Waals surface area (Å²) in [5.74, 6) is 1.14. The van der Waals surface area contributed by atoms with Crippen LogP contribution in [0.1, 0.15) is 201 Å². The van der Waals surface area contributed by atoms with Gasteiger partial charge >= 0.3 is 5.97 Å². The van der Waals surface area contributed by atoms with Crippen LogP contribution in [0, 0.1) is 46.3 Å². The lowest BCUT2D eigenvalue weighted by Gasteiger charge is -2.63. The van der Waals surface area contributed by atoms with E-state index in [-0.39, 0.29) is 53.1 Å². The van der Waals surface area contributed by atoms with Crippen molar-refractivity contribution in [3.63, 3.8) is 0 Å². The number of nitrogens with one attached hydrogen (secondary N) is 1. The van der Waals surface area contributed by atoms with Gasteiger partial charge in [-0.3, -0.25) is 9.59 Å². The third-order valence-electron chi connectivity index (χ3n) is 15.2. The standard InChI is InChI=1S/C44H79NO5/c1-5-6-7-8-9-10-11-12-13-14-15-16-17-18-19-20-21-22-40(48)45-34-27-28-43(3)33(29-34)30-38(46)42-36-25-24-35(32(2)23-26-41(49)50)44(36,4)39(47)31-37(42)43/h32-39,42,46-47H,5-31H2,1-4H3,(H,45,48)(H,49,50)/t32-,33+,34+,35-,36+,37+,38-,39+,42+,43+,44-/m1/s1. The van der Waals surface area contributed by atoms with Gasteiger partial charge in [0.15, 0.2) is 0 Å². The fraction of sp³-hybridized carbons (Fsp3) is 0.955. The van der Waals surface area contributed by atoms with E-state index in [4.69, 9.17) is 0 Å². The molecular weight excluding hydrogens is 622 g/mol. The van der Waals surface area contributed by atoms with Gasteiger partial charge in [-0.2, -0.15) is 0 Å². The van der Waals surface area contributed by atoms with Gasteiger partial charge in [-0.25, -0.2) is 0 Å². The van der Waals surface area contributed by atoms with E-state index in [2.05, 4.69) is 33.0 Å². The third kappa shape index (κ3) is 10.7. The fourth-order valence-electron chi connectivity index (χ4n) is 12.1. The van der Waals surface area contributed by atoms with E-state index < -0.39 is 12.1 Å². The lowest BCUT2D eigenvalue weighted by Crippen LogP contribution is -2.63. The van der Waals surface area contributed by atoms with Crippen LogP contribution in [-0.2, 0) is 9.59 Å². The minimum atomic E-state index is -0.746. The van der Waals surface area contributed by atoms with Crippen LogP contribution >= 0.6 is 0 Å². The van der Waals surface area contributed by atoms with Crippen LogP contribution in [0.2, 0.25) is 0 Å².